The van der Waals surface area contributed by atoms with Gasteiger partial charge in [-0.2, -0.15) is 0 Å². The number of nitrogens with one attached hydrogen (secondary N) is 1. The van der Waals surface area contributed by atoms with Crippen LogP contribution in [0, 0.1) is 0 Å². The molecule has 0 amide bonds. The Bertz CT molecular complexity index is 544. The van der Waals surface area contributed by atoms with Crippen LogP contribution in [-0.4, -0.2) is 27.8 Å². The molecular formula is C17H21NO2. The van der Waals surface area contributed by atoms with Crippen molar-refractivity contribution in [2.75, 3.05) is 27.8 Å². The largest absolute Gasteiger partial charge is 0.496 e. The average molecular weight is 271 g/mol. The molecule has 0 spiro atoms. The predicted octanol–water partition coefficient (Wildman–Crippen LogP) is 3.13. The lowest BCUT2D eigenvalue weighted by Crippen LogP contribution is -2.10. The Balaban J connectivity index is 2.45. The first kappa shape index (κ1) is 14.4. The Labute approximate surface area is 120 Å². The van der Waals surface area contributed by atoms with Gasteiger partial charge in [0.15, 0.2) is 0 Å². The topological polar surface area (TPSA) is 30.5 Å². The van der Waals surface area contributed by atoms with Crippen LogP contribution in [0.3, 0.4) is 0 Å². The van der Waals surface area contributed by atoms with Crippen LogP contribution in [0.1, 0.15) is 5.56 Å². The zero-order valence-corrected chi connectivity index (χ0v) is 12.3. The van der Waals surface area contributed by atoms with Gasteiger partial charge in [0.05, 0.1) is 19.8 Å². The van der Waals surface area contributed by atoms with Gasteiger partial charge in [-0.3, -0.25) is 0 Å². The van der Waals surface area contributed by atoms with Crippen molar-refractivity contribution in [2.24, 2.45) is 0 Å². The van der Waals surface area contributed by atoms with Crippen molar-refractivity contribution in [3.63, 3.8) is 0 Å². The van der Waals surface area contributed by atoms with Crippen LogP contribution < -0.4 is 14.8 Å². The van der Waals surface area contributed by atoms with Crippen LogP contribution in [0.2, 0.25) is 0 Å². The van der Waals surface area contributed by atoms with Crippen molar-refractivity contribution in [1.29, 1.82) is 0 Å². The van der Waals surface area contributed by atoms with E-state index in [0.29, 0.717) is 0 Å². The first-order valence-electron chi connectivity index (χ1n) is 6.75. The molecule has 3 nitrogen and oxygen atoms in total. The third-order valence-electron chi connectivity index (χ3n) is 3.31. The summed E-state index contributed by atoms with van der Waals surface area (Å²) < 4.78 is 10.9. The van der Waals surface area contributed by atoms with Gasteiger partial charge in [0.1, 0.15) is 11.5 Å². The van der Waals surface area contributed by atoms with Crippen LogP contribution in [0.25, 0.3) is 11.1 Å². The quantitative estimate of drug-likeness (QED) is 0.875. The molecule has 0 fully saturated rings. The second-order valence-corrected chi connectivity index (χ2v) is 4.59. The number of likely N-dealkylation sites (N-methyl/N-ethyl adjacent to an activating group) is 1. The predicted molar refractivity (Wildman–Crippen MR) is 82.6 cm³/mol. The molecule has 3 heteroatoms. The monoisotopic (exact) mass is 271 g/mol. The molecule has 0 aliphatic heterocycles. The number of benzene rings is 2. The van der Waals surface area contributed by atoms with Crippen LogP contribution in [0.5, 0.6) is 11.5 Å². The van der Waals surface area contributed by atoms with E-state index < -0.39 is 0 Å². The highest BCUT2D eigenvalue weighted by atomic mass is 16.5. The smallest absolute Gasteiger partial charge is 0.130 e. The number of hydrogen-bond donors (Lipinski definition) is 1. The molecule has 0 aliphatic carbocycles. The Morgan fingerprint density at radius 2 is 1.60 bits per heavy atom. The lowest BCUT2D eigenvalue weighted by atomic mass is 10.00. The van der Waals surface area contributed by atoms with Crippen molar-refractivity contribution < 1.29 is 9.47 Å². The molecule has 0 saturated heterocycles. The summed E-state index contributed by atoms with van der Waals surface area (Å²) in [5.41, 5.74) is 3.42. The van der Waals surface area contributed by atoms with Crippen LogP contribution in [0.4, 0.5) is 0 Å². The van der Waals surface area contributed by atoms with Gasteiger partial charge in [0.25, 0.3) is 0 Å². The highest BCUT2D eigenvalue weighted by Crippen LogP contribution is 2.38. The minimum atomic E-state index is 0.829. The van der Waals surface area contributed by atoms with E-state index in [2.05, 4.69) is 29.6 Å². The van der Waals surface area contributed by atoms with Crippen molar-refractivity contribution in [1.82, 2.24) is 5.32 Å². The Kier molecular flexibility index (Phi) is 5.02. The van der Waals surface area contributed by atoms with E-state index in [9.17, 15) is 0 Å². The van der Waals surface area contributed by atoms with Gasteiger partial charge in [-0.15, -0.1) is 0 Å². The molecule has 0 saturated carbocycles. The van der Waals surface area contributed by atoms with Gasteiger partial charge in [0.2, 0.25) is 0 Å². The molecule has 2 aromatic carbocycles. The minimum Gasteiger partial charge on any atom is -0.496 e. The summed E-state index contributed by atoms with van der Waals surface area (Å²) in [6, 6.07) is 14.3. The number of hydrogen-bond acceptors (Lipinski definition) is 3. The molecule has 20 heavy (non-hydrogen) atoms. The van der Waals surface area contributed by atoms with E-state index in [1.165, 1.54) is 5.56 Å². The molecule has 0 atom stereocenters. The zero-order chi connectivity index (χ0) is 14.4. The molecule has 1 N–H and O–H groups in total. The molecule has 2 rings (SSSR count). The first-order chi connectivity index (χ1) is 9.80. The Morgan fingerprint density at radius 1 is 0.950 bits per heavy atom. The van der Waals surface area contributed by atoms with E-state index >= 15 is 0 Å². The molecular weight excluding hydrogens is 250 g/mol. The second kappa shape index (κ2) is 6.96. The standard InChI is InChI=1S/C17H21NO2/c1-18-11-10-13-6-4-7-14(12-13)17-15(19-2)8-5-9-16(17)20-3/h4-9,12,18H,10-11H2,1-3H3. The lowest BCUT2D eigenvalue weighted by molar-refractivity contribution is 0.397. The minimum absolute atomic E-state index is 0.829. The first-order valence-corrected chi connectivity index (χ1v) is 6.75. The van der Waals surface area contributed by atoms with Gasteiger partial charge in [-0.25, -0.2) is 0 Å². The Morgan fingerprint density at radius 3 is 2.20 bits per heavy atom. The summed E-state index contributed by atoms with van der Waals surface area (Å²) in [6.07, 6.45) is 1.00. The third-order valence-corrected chi connectivity index (χ3v) is 3.31. The maximum atomic E-state index is 5.47. The molecule has 0 bridgehead atoms. The van der Waals surface area contributed by atoms with Gasteiger partial charge in [0, 0.05) is 0 Å². The SMILES string of the molecule is CNCCc1cccc(-c2c(OC)cccc2OC)c1. The fraction of sp³-hybridized carbons (Fsp3) is 0.294. The zero-order valence-electron chi connectivity index (χ0n) is 12.3. The lowest BCUT2D eigenvalue weighted by Gasteiger charge is -2.14. The average Bonchev–Trinajstić information content (AvgIpc) is 2.52. The van der Waals surface area contributed by atoms with Gasteiger partial charge in [-0.1, -0.05) is 30.3 Å². The molecule has 0 unspecified atom stereocenters. The van der Waals surface area contributed by atoms with E-state index in [1.807, 2.05) is 25.2 Å². The van der Waals surface area contributed by atoms with Crippen molar-refractivity contribution in [3.05, 3.63) is 48.0 Å². The molecule has 0 radical (unpaired) electrons. The summed E-state index contributed by atoms with van der Waals surface area (Å²) in [7, 11) is 5.33. The Hall–Kier alpha value is -2.00. The normalized spacial score (nSPS) is 10.3. The number of rotatable bonds is 6. The highest BCUT2D eigenvalue weighted by Gasteiger charge is 2.12. The summed E-state index contributed by atoms with van der Waals surface area (Å²) in [5.74, 6) is 1.66. The molecule has 0 aromatic heterocycles. The number of methoxy groups -OCH3 is 2. The van der Waals surface area contributed by atoms with E-state index in [1.54, 1.807) is 14.2 Å². The highest BCUT2D eigenvalue weighted by molar-refractivity contribution is 5.77. The molecule has 106 valence electrons. The number of ether oxygens (including phenoxy) is 2. The van der Waals surface area contributed by atoms with Gasteiger partial charge in [-0.05, 0) is 43.3 Å². The fourth-order valence-corrected chi connectivity index (χ4v) is 2.29. The maximum absolute atomic E-state index is 5.47. The summed E-state index contributed by atoms with van der Waals surface area (Å²) in [5, 5.41) is 3.17. The van der Waals surface area contributed by atoms with Crippen molar-refractivity contribution in [3.8, 4) is 22.6 Å². The summed E-state index contributed by atoms with van der Waals surface area (Å²) in [6.45, 7) is 0.965. The summed E-state index contributed by atoms with van der Waals surface area (Å²) in [4.78, 5) is 0. The van der Waals surface area contributed by atoms with Gasteiger partial charge >= 0.3 is 0 Å². The van der Waals surface area contributed by atoms with E-state index in [-0.39, 0.29) is 0 Å². The second-order valence-electron chi connectivity index (χ2n) is 4.59. The van der Waals surface area contributed by atoms with Gasteiger partial charge < -0.3 is 14.8 Å². The molecule has 2 aromatic rings. The van der Waals surface area contributed by atoms with Crippen molar-refractivity contribution >= 4 is 0 Å². The molecule has 0 heterocycles. The fourth-order valence-electron chi connectivity index (χ4n) is 2.29. The summed E-state index contributed by atoms with van der Waals surface area (Å²) >= 11 is 0. The maximum Gasteiger partial charge on any atom is 0.130 e. The van der Waals surface area contributed by atoms with Crippen LogP contribution >= 0.6 is 0 Å². The third kappa shape index (κ3) is 3.11. The van der Waals surface area contributed by atoms with Crippen LogP contribution in [-0.2, 0) is 6.42 Å². The van der Waals surface area contributed by atoms with E-state index in [4.69, 9.17) is 9.47 Å². The van der Waals surface area contributed by atoms with E-state index in [0.717, 1.165) is 35.6 Å². The molecule has 0 aliphatic rings. The van der Waals surface area contributed by atoms with Crippen LogP contribution in [0.15, 0.2) is 42.5 Å². The van der Waals surface area contributed by atoms with Crippen molar-refractivity contribution in [2.45, 2.75) is 6.42 Å².